The van der Waals surface area contributed by atoms with E-state index in [0.29, 0.717) is 6.10 Å². The molecule has 0 aromatic carbocycles. The molecule has 0 radical (unpaired) electrons. The molecule has 0 N–H and O–H groups in total. The van der Waals surface area contributed by atoms with Gasteiger partial charge in [0, 0.05) is 4.88 Å². The summed E-state index contributed by atoms with van der Waals surface area (Å²) >= 11 is 1.84. The molecule has 2 heterocycles. The molecule has 1 atom stereocenters. The molecule has 1 aromatic rings. The maximum Gasteiger partial charge on any atom is 0.0891 e. The average molecular weight is 168 g/mol. The first-order valence-electron chi connectivity index (χ1n) is 3.97. The van der Waals surface area contributed by atoms with Gasteiger partial charge < -0.3 is 4.74 Å². The second-order valence-corrected chi connectivity index (χ2v) is 3.94. The Bertz CT molecular complexity index is 265. The lowest BCUT2D eigenvalue weighted by molar-refractivity contribution is 0.0584. The van der Waals surface area contributed by atoms with E-state index in [0.717, 1.165) is 13.0 Å². The minimum atomic E-state index is 0.331. The molecule has 0 amide bonds. The van der Waals surface area contributed by atoms with Crippen molar-refractivity contribution in [2.24, 2.45) is 0 Å². The number of hydrogen-bond donors (Lipinski definition) is 0. The van der Waals surface area contributed by atoms with Gasteiger partial charge in [0.2, 0.25) is 0 Å². The van der Waals surface area contributed by atoms with Gasteiger partial charge in [-0.25, -0.2) is 0 Å². The van der Waals surface area contributed by atoms with Crippen molar-refractivity contribution in [3.8, 4) is 0 Å². The largest absolute Gasteiger partial charge is 0.373 e. The van der Waals surface area contributed by atoms with Crippen LogP contribution in [0.5, 0.6) is 0 Å². The molecule has 2 heteroatoms. The van der Waals surface area contributed by atoms with Crippen molar-refractivity contribution < 1.29 is 4.74 Å². The van der Waals surface area contributed by atoms with Crippen molar-refractivity contribution in [2.45, 2.75) is 26.4 Å². The zero-order valence-corrected chi connectivity index (χ0v) is 7.70. The molecule has 0 spiro atoms. The Morgan fingerprint density at radius 3 is 3.18 bits per heavy atom. The van der Waals surface area contributed by atoms with Crippen LogP contribution in [0.25, 0.3) is 0 Å². The normalized spacial score (nSPS) is 23.3. The standard InChI is InChI=1S/C9H12OS/c1-6-5-11-9-7(2)10-4-3-8(6)9/h5,7H,3-4H2,1-2H3/t7-/m1/s1. The van der Waals surface area contributed by atoms with Gasteiger partial charge in [-0.3, -0.25) is 0 Å². The van der Waals surface area contributed by atoms with E-state index in [1.165, 1.54) is 16.0 Å². The van der Waals surface area contributed by atoms with E-state index in [-0.39, 0.29) is 0 Å². The quantitative estimate of drug-likeness (QED) is 0.578. The van der Waals surface area contributed by atoms with Gasteiger partial charge in [0.25, 0.3) is 0 Å². The number of rotatable bonds is 0. The summed E-state index contributed by atoms with van der Waals surface area (Å²) in [5.74, 6) is 0. The van der Waals surface area contributed by atoms with Crippen LogP contribution in [0.15, 0.2) is 5.38 Å². The highest BCUT2D eigenvalue weighted by molar-refractivity contribution is 7.10. The van der Waals surface area contributed by atoms with Gasteiger partial charge in [0.05, 0.1) is 12.7 Å². The van der Waals surface area contributed by atoms with Gasteiger partial charge >= 0.3 is 0 Å². The first-order valence-corrected chi connectivity index (χ1v) is 4.85. The fourth-order valence-electron chi connectivity index (χ4n) is 1.56. The van der Waals surface area contributed by atoms with Gasteiger partial charge in [-0.2, -0.15) is 0 Å². The second kappa shape index (κ2) is 2.61. The molecule has 0 aliphatic carbocycles. The zero-order valence-electron chi connectivity index (χ0n) is 6.89. The Labute approximate surface area is 71.0 Å². The Hall–Kier alpha value is -0.340. The molecule has 0 fully saturated rings. The fourth-order valence-corrected chi connectivity index (χ4v) is 2.67. The summed E-state index contributed by atoms with van der Waals surface area (Å²) < 4.78 is 5.53. The smallest absolute Gasteiger partial charge is 0.0891 e. The van der Waals surface area contributed by atoms with Crippen molar-refractivity contribution in [1.29, 1.82) is 0 Å². The molecular formula is C9H12OS. The molecule has 60 valence electrons. The first-order chi connectivity index (χ1) is 5.29. The number of fused-ring (bicyclic) bond motifs is 1. The number of hydrogen-bond acceptors (Lipinski definition) is 2. The Kier molecular flexibility index (Phi) is 1.74. The molecule has 0 saturated carbocycles. The lowest BCUT2D eigenvalue weighted by Gasteiger charge is -2.19. The van der Waals surface area contributed by atoms with Crippen LogP contribution in [0.1, 0.15) is 29.0 Å². The molecule has 0 saturated heterocycles. The third kappa shape index (κ3) is 1.10. The van der Waals surface area contributed by atoms with Crippen LogP contribution in [0.3, 0.4) is 0 Å². The molecule has 0 unspecified atom stereocenters. The minimum absolute atomic E-state index is 0.331. The summed E-state index contributed by atoms with van der Waals surface area (Å²) in [5.41, 5.74) is 2.98. The molecule has 1 aliphatic rings. The molecule has 1 aromatic heterocycles. The van der Waals surface area contributed by atoms with E-state index >= 15 is 0 Å². The van der Waals surface area contributed by atoms with Crippen LogP contribution in [0.4, 0.5) is 0 Å². The summed E-state index contributed by atoms with van der Waals surface area (Å²) in [7, 11) is 0. The highest BCUT2D eigenvalue weighted by Crippen LogP contribution is 2.33. The summed E-state index contributed by atoms with van der Waals surface area (Å²) in [6, 6.07) is 0. The van der Waals surface area contributed by atoms with E-state index in [1.807, 2.05) is 11.3 Å². The van der Waals surface area contributed by atoms with E-state index < -0.39 is 0 Å². The van der Waals surface area contributed by atoms with Crippen LogP contribution in [-0.2, 0) is 11.2 Å². The van der Waals surface area contributed by atoms with Crippen molar-refractivity contribution in [1.82, 2.24) is 0 Å². The molecule has 1 aliphatic heterocycles. The topological polar surface area (TPSA) is 9.23 Å². The summed E-state index contributed by atoms with van der Waals surface area (Å²) in [4.78, 5) is 1.44. The Morgan fingerprint density at radius 2 is 2.45 bits per heavy atom. The van der Waals surface area contributed by atoms with Crippen molar-refractivity contribution in [2.75, 3.05) is 6.61 Å². The SMILES string of the molecule is Cc1csc2c1CCO[C@@H]2C. The van der Waals surface area contributed by atoms with Gasteiger partial charge in [0.1, 0.15) is 0 Å². The third-order valence-corrected chi connectivity index (χ3v) is 3.53. The van der Waals surface area contributed by atoms with Crippen LogP contribution >= 0.6 is 11.3 Å². The number of ether oxygens (including phenoxy) is 1. The lowest BCUT2D eigenvalue weighted by Crippen LogP contribution is -2.11. The van der Waals surface area contributed by atoms with Crippen LogP contribution < -0.4 is 0 Å². The highest BCUT2D eigenvalue weighted by atomic mass is 32.1. The van der Waals surface area contributed by atoms with Crippen molar-refractivity contribution >= 4 is 11.3 Å². The summed E-state index contributed by atoms with van der Waals surface area (Å²) in [6.45, 7) is 5.22. The van der Waals surface area contributed by atoms with E-state index in [4.69, 9.17) is 4.74 Å². The van der Waals surface area contributed by atoms with E-state index in [1.54, 1.807) is 0 Å². The predicted molar refractivity (Wildman–Crippen MR) is 47.1 cm³/mol. The Morgan fingerprint density at radius 1 is 1.64 bits per heavy atom. The number of aryl methyl sites for hydroxylation is 1. The first kappa shape index (κ1) is 7.32. The number of thiophene rings is 1. The molecule has 1 nitrogen and oxygen atoms in total. The van der Waals surface area contributed by atoms with E-state index in [2.05, 4.69) is 19.2 Å². The molecule has 11 heavy (non-hydrogen) atoms. The molecule has 0 bridgehead atoms. The van der Waals surface area contributed by atoms with Gasteiger partial charge in [-0.1, -0.05) is 0 Å². The highest BCUT2D eigenvalue weighted by Gasteiger charge is 2.19. The van der Waals surface area contributed by atoms with Crippen LogP contribution in [0, 0.1) is 6.92 Å². The zero-order chi connectivity index (χ0) is 7.84. The lowest BCUT2D eigenvalue weighted by atomic mass is 10.0. The van der Waals surface area contributed by atoms with Crippen molar-refractivity contribution in [3.05, 3.63) is 21.4 Å². The van der Waals surface area contributed by atoms with Crippen LogP contribution in [-0.4, -0.2) is 6.61 Å². The Balaban J connectivity index is 2.46. The maximum atomic E-state index is 5.53. The summed E-state index contributed by atoms with van der Waals surface area (Å²) in [5, 5.41) is 2.23. The van der Waals surface area contributed by atoms with E-state index in [9.17, 15) is 0 Å². The van der Waals surface area contributed by atoms with Gasteiger partial charge in [-0.05, 0) is 36.8 Å². The predicted octanol–water partition coefficient (Wildman–Crippen LogP) is 2.69. The maximum absolute atomic E-state index is 5.53. The second-order valence-electron chi connectivity index (χ2n) is 3.02. The average Bonchev–Trinajstić information content (AvgIpc) is 2.35. The summed E-state index contributed by atoms with van der Waals surface area (Å²) in [6.07, 6.45) is 1.44. The fraction of sp³-hybridized carbons (Fsp3) is 0.556. The van der Waals surface area contributed by atoms with Crippen LogP contribution in [0.2, 0.25) is 0 Å². The molecule has 2 rings (SSSR count). The third-order valence-electron chi connectivity index (χ3n) is 2.23. The monoisotopic (exact) mass is 168 g/mol. The van der Waals surface area contributed by atoms with Crippen molar-refractivity contribution in [3.63, 3.8) is 0 Å². The van der Waals surface area contributed by atoms with Gasteiger partial charge in [-0.15, -0.1) is 11.3 Å². The molecular weight excluding hydrogens is 156 g/mol. The van der Waals surface area contributed by atoms with Gasteiger partial charge in [0.15, 0.2) is 0 Å². The minimum Gasteiger partial charge on any atom is -0.373 e.